The van der Waals surface area contributed by atoms with E-state index in [1.165, 1.54) is 47.6 Å². The number of benzene rings is 4. The maximum atomic E-state index is 13.2. The van der Waals surface area contributed by atoms with Gasteiger partial charge in [-0.1, -0.05) is 85.2 Å². The maximum Gasteiger partial charge on any atom is 0.410 e. The number of carbonyl (C=O) groups is 10. The number of carbonyl (C=O) groups excluding carboxylic acids is 9. The summed E-state index contributed by atoms with van der Waals surface area (Å²) in [6, 6.07) is 28.5. The number of hydrogen-bond donors (Lipinski definition) is 3. The first-order chi connectivity index (χ1) is 51.5. The Balaban J connectivity index is 0.000000228. The van der Waals surface area contributed by atoms with Crippen molar-refractivity contribution in [1.82, 2.24) is 29.4 Å². The first kappa shape index (κ1) is 91.3. The van der Waals surface area contributed by atoms with E-state index in [0.717, 1.165) is 62.1 Å². The SMILES string of the molecule is CC(C)(C)OC(=O)N1CCC(C)(C(=O)O)CC1.CC(C)(C)OC(=O)N1CCC(C)(C(N)=O)CC1.CC(C)(C)OC(=O)N1CCC(C)(C(N)=O)CC1.COC(=O)c1ccc2c(c1)CCN(Cc1ccc(Br)cc1)C2.COC(=O)c1ccc2c(c1)CCN(Cc1ccc(CC(=O)C3(C)CCN(C(=O)OC(C)(C)C)CC3)cc1)C2. The largest absolute Gasteiger partial charge is 0.481 e. The van der Waals surface area contributed by atoms with E-state index in [4.69, 9.17) is 45.0 Å². The molecular formula is C85H123BrN8O17. The van der Waals surface area contributed by atoms with Gasteiger partial charge in [-0.3, -0.25) is 29.0 Å². The smallest absolute Gasteiger partial charge is 0.410 e. The molecule has 4 saturated heterocycles. The van der Waals surface area contributed by atoms with Crippen molar-refractivity contribution in [2.75, 3.05) is 79.7 Å². The second-order valence-corrected chi connectivity index (χ2v) is 36.0. The Morgan fingerprint density at radius 2 is 0.676 bits per heavy atom. The zero-order chi connectivity index (χ0) is 82.8. The van der Waals surface area contributed by atoms with Crippen LogP contribution in [-0.4, -0.2) is 196 Å². The van der Waals surface area contributed by atoms with E-state index in [1.807, 2.05) is 134 Å². The number of ether oxygens (including phenoxy) is 6. The lowest BCUT2D eigenvalue weighted by atomic mass is 9.75. The molecule has 10 rings (SSSR count). The number of nitrogens with two attached hydrogens (primary N) is 2. The predicted molar refractivity (Wildman–Crippen MR) is 427 cm³/mol. The van der Waals surface area contributed by atoms with E-state index in [1.54, 1.807) is 26.5 Å². The number of rotatable bonds is 12. The highest BCUT2D eigenvalue weighted by Gasteiger charge is 2.42. The van der Waals surface area contributed by atoms with Gasteiger partial charge in [0.05, 0.1) is 30.8 Å². The van der Waals surface area contributed by atoms with Gasteiger partial charge in [-0.25, -0.2) is 28.8 Å². The molecule has 25 nitrogen and oxygen atoms in total. The molecule has 0 aromatic heterocycles. The van der Waals surface area contributed by atoms with Crippen LogP contribution in [-0.2, 0) is 93.0 Å². The van der Waals surface area contributed by atoms with Gasteiger partial charge in [-0.2, -0.15) is 0 Å². The van der Waals surface area contributed by atoms with Crippen LogP contribution in [0.5, 0.6) is 0 Å². The third-order valence-electron chi connectivity index (χ3n) is 21.0. The number of amides is 6. The van der Waals surface area contributed by atoms with Gasteiger partial charge in [0, 0.05) is 119 Å². The van der Waals surface area contributed by atoms with E-state index >= 15 is 0 Å². The number of nitrogens with zero attached hydrogens (tertiary/aromatic N) is 6. The summed E-state index contributed by atoms with van der Waals surface area (Å²) in [6.45, 7) is 39.0. The molecule has 26 heteroatoms. The Morgan fingerprint density at radius 3 is 0.955 bits per heavy atom. The predicted octanol–water partition coefficient (Wildman–Crippen LogP) is 14.1. The zero-order valence-corrected chi connectivity index (χ0v) is 70.5. The van der Waals surface area contributed by atoms with Crippen LogP contribution in [0.15, 0.2) is 89.4 Å². The molecule has 5 N–H and O–H groups in total. The maximum absolute atomic E-state index is 13.2. The van der Waals surface area contributed by atoms with Crippen molar-refractivity contribution < 1.29 is 81.5 Å². The number of primary amides is 2. The Kier molecular flexibility index (Phi) is 31.9. The average molecular weight is 1610 g/mol. The lowest BCUT2D eigenvalue weighted by Crippen LogP contribution is -2.48. The molecule has 4 aromatic carbocycles. The van der Waals surface area contributed by atoms with Crippen molar-refractivity contribution in [3.63, 3.8) is 0 Å². The van der Waals surface area contributed by atoms with Crippen LogP contribution in [0.2, 0.25) is 0 Å². The molecule has 4 fully saturated rings. The number of halogens is 1. The average Bonchev–Trinajstić information content (AvgIpc) is 0.831. The van der Waals surface area contributed by atoms with E-state index < -0.39 is 50.0 Å². The molecule has 0 spiro atoms. The number of carboxylic acid groups (broad SMARTS) is 1. The summed E-state index contributed by atoms with van der Waals surface area (Å²) in [6.07, 6.45) is 5.64. The third-order valence-corrected chi connectivity index (χ3v) is 21.5. The Labute approximate surface area is 665 Å². The van der Waals surface area contributed by atoms with Crippen LogP contribution in [0, 0.1) is 21.7 Å². The van der Waals surface area contributed by atoms with E-state index in [2.05, 4.69) is 80.3 Å². The lowest BCUT2D eigenvalue weighted by molar-refractivity contribution is -0.150. The Morgan fingerprint density at radius 1 is 0.396 bits per heavy atom. The van der Waals surface area contributed by atoms with Gasteiger partial charge < -0.3 is 64.6 Å². The molecule has 0 aliphatic carbocycles. The first-order valence-corrected chi connectivity index (χ1v) is 39.3. The molecule has 0 radical (unpaired) electrons. The van der Waals surface area contributed by atoms with Crippen molar-refractivity contribution in [2.24, 2.45) is 33.1 Å². The van der Waals surface area contributed by atoms with E-state index in [9.17, 15) is 47.9 Å². The normalized spacial score (nSPS) is 18.0. The van der Waals surface area contributed by atoms with Crippen molar-refractivity contribution in [3.05, 3.63) is 139 Å². The number of fused-ring (bicyclic) bond motifs is 2. The highest BCUT2D eigenvalue weighted by atomic mass is 79.9. The summed E-state index contributed by atoms with van der Waals surface area (Å²) in [4.78, 5) is 129. The van der Waals surface area contributed by atoms with Crippen LogP contribution < -0.4 is 11.5 Å². The van der Waals surface area contributed by atoms with Crippen LogP contribution in [0.1, 0.15) is 222 Å². The third kappa shape index (κ3) is 28.5. The standard InChI is InChI=1S/C31H40N2O5.C18H18BrNO2.2C12H22N2O3.C12H21NO4/c1-30(2,3)38-29(36)33-16-13-31(4,14-17-33)27(34)18-22-6-8-23(9-7-22)20-32-15-12-24-19-25(28(35)37-5)10-11-26(24)21-32;1-22-18(21)15-4-5-16-12-20(9-8-14(16)10-15)11-13-2-6-17(19)7-3-13;2*1-11(2,3)17-10(16)14-7-5-12(4,6-8-14)9(13)15;1-11(2,3)17-10(16)13-7-5-12(4,6-8-13)9(14)15/h6-11,19H,12-18,20-21H2,1-5H3;2-7,10H,8-9,11-12H2,1H3;2*5-8H2,1-4H3,(H2,13,15);5-8H2,1-4H3,(H,14,15). The van der Waals surface area contributed by atoms with E-state index in [-0.39, 0.29) is 53.9 Å². The number of methoxy groups -OCH3 is 2. The monoisotopic (exact) mass is 1610 g/mol. The fourth-order valence-corrected chi connectivity index (χ4v) is 13.5. The topological polar surface area (TPSA) is 318 Å². The molecule has 0 unspecified atom stereocenters. The molecule has 0 saturated carbocycles. The highest BCUT2D eigenvalue weighted by molar-refractivity contribution is 9.10. The number of aliphatic carboxylic acids is 1. The number of Topliss-reactive ketones (excluding diaryl/α,β-unsaturated/α-hetero) is 1. The van der Waals surface area contributed by atoms with Gasteiger partial charge in [-0.05, 0) is 230 Å². The van der Waals surface area contributed by atoms with Gasteiger partial charge in [0.25, 0.3) is 0 Å². The molecule has 0 atom stereocenters. The molecule has 111 heavy (non-hydrogen) atoms. The Hall–Kier alpha value is -8.62. The van der Waals surface area contributed by atoms with Crippen LogP contribution in [0.4, 0.5) is 19.2 Å². The van der Waals surface area contributed by atoms with Gasteiger partial charge >= 0.3 is 42.3 Å². The number of esters is 2. The second kappa shape index (κ2) is 38.7. The minimum atomic E-state index is -0.790. The molecule has 4 aromatic rings. The summed E-state index contributed by atoms with van der Waals surface area (Å²) in [5, 5.41) is 9.07. The summed E-state index contributed by atoms with van der Waals surface area (Å²) in [5.74, 6) is -1.70. The highest BCUT2D eigenvalue weighted by Crippen LogP contribution is 2.37. The molecule has 6 aliphatic heterocycles. The molecule has 6 heterocycles. The number of piperidine rings is 4. The fourth-order valence-electron chi connectivity index (χ4n) is 13.3. The van der Waals surface area contributed by atoms with Crippen LogP contribution >= 0.6 is 15.9 Å². The minimum Gasteiger partial charge on any atom is -0.481 e. The van der Waals surface area contributed by atoms with Gasteiger partial charge in [-0.15, -0.1) is 0 Å². The second-order valence-electron chi connectivity index (χ2n) is 35.1. The molecule has 612 valence electrons. The lowest BCUT2D eigenvalue weighted by Gasteiger charge is -2.38. The van der Waals surface area contributed by atoms with Gasteiger partial charge in [0.2, 0.25) is 11.8 Å². The van der Waals surface area contributed by atoms with Gasteiger partial charge in [0.1, 0.15) is 28.2 Å². The van der Waals surface area contributed by atoms with Crippen molar-refractivity contribution in [2.45, 2.75) is 230 Å². The fraction of sp³-hybridized carbons (Fsp3) is 0.600. The number of ketones is 1. The molecular weight excluding hydrogens is 1480 g/mol. The Bertz CT molecular complexity index is 3730. The zero-order valence-electron chi connectivity index (χ0n) is 69.0. The number of carboxylic acids is 1. The number of likely N-dealkylation sites (tertiary alicyclic amines) is 4. The van der Waals surface area contributed by atoms with Crippen LogP contribution in [0.25, 0.3) is 0 Å². The molecule has 6 aliphatic rings. The number of hydrogen-bond acceptors (Lipinski definition) is 18. The summed E-state index contributed by atoms with van der Waals surface area (Å²) >= 11 is 3.46. The van der Waals surface area contributed by atoms with Crippen molar-refractivity contribution in [1.29, 1.82) is 0 Å². The minimum absolute atomic E-state index is 0.230. The van der Waals surface area contributed by atoms with Crippen LogP contribution in [0.3, 0.4) is 0 Å². The summed E-state index contributed by atoms with van der Waals surface area (Å²) in [5.41, 5.74) is 16.4. The van der Waals surface area contributed by atoms with Crippen molar-refractivity contribution in [3.8, 4) is 0 Å². The van der Waals surface area contributed by atoms with Crippen molar-refractivity contribution >= 4 is 75.8 Å². The first-order valence-electron chi connectivity index (χ1n) is 38.5. The van der Waals surface area contributed by atoms with E-state index in [0.29, 0.717) is 121 Å². The molecule has 6 amide bonds. The van der Waals surface area contributed by atoms with Gasteiger partial charge in [0.15, 0.2) is 0 Å². The summed E-state index contributed by atoms with van der Waals surface area (Å²) in [7, 11) is 2.82. The molecule has 0 bridgehead atoms. The quantitative estimate of drug-likeness (QED) is 0.0876. The summed E-state index contributed by atoms with van der Waals surface area (Å²) < 4.78 is 32.0.